The summed E-state index contributed by atoms with van der Waals surface area (Å²) in [7, 11) is 0. The van der Waals surface area contributed by atoms with Crippen molar-refractivity contribution in [2.24, 2.45) is 0 Å². The molecule has 0 aliphatic carbocycles. The summed E-state index contributed by atoms with van der Waals surface area (Å²) < 4.78 is 224. The molecule has 188 valence electrons. The highest BCUT2D eigenvalue weighted by molar-refractivity contribution is 7.10. The fourth-order valence-corrected chi connectivity index (χ4v) is 2.99. The summed E-state index contributed by atoms with van der Waals surface area (Å²) in [6.45, 7) is 0.0263. The van der Waals surface area contributed by atoms with E-state index in [0.717, 1.165) is 11.4 Å². The summed E-state index contributed by atoms with van der Waals surface area (Å²) in [6, 6.07) is 1.47. The average Bonchev–Trinajstić information content (AvgIpc) is 3.13. The summed E-state index contributed by atoms with van der Waals surface area (Å²) in [4.78, 5) is -0.908. The van der Waals surface area contributed by atoms with Crippen LogP contribution in [-0.4, -0.2) is 47.6 Å². The Labute approximate surface area is 170 Å². The summed E-state index contributed by atoms with van der Waals surface area (Å²) in [5.74, 6) is -59.3. The lowest BCUT2D eigenvalue weighted by molar-refractivity contribution is -0.462. The van der Waals surface area contributed by atoms with E-state index in [2.05, 4.69) is 0 Å². The van der Waals surface area contributed by atoms with Crippen LogP contribution in [0.4, 0.5) is 74.6 Å². The van der Waals surface area contributed by atoms with Crippen LogP contribution >= 0.6 is 11.3 Å². The topological polar surface area (TPSA) is 0 Å². The summed E-state index contributed by atoms with van der Waals surface area (Å²) in [6.07, 6.45) is -7.76. The molecule has 0 amide bonds. The number of hydrogen-bond acceptors (Lipinski definition) is 1. The van der Waals surface area contributed by atoms with Gasteiger partial charge in [0.05, 0.1) is 5.92 Å². The molecule has 1 aromatic rings. The highest BCUT2D eigenvalue weighted by Crippen LogP contribution is 2.65. The fourth-order valence-electron chi connectivity index (χ4n) is 2.16. The molecule has 0 radical (unpaired) electrons. The first-order valence-corrected chi connectivity index (χ1v) is 8.39. The lowest BCUT2D eigenvalue weighted by Crippen LogP contribution is -2.74. The minimum Gasteiger partial charge on any atom is -0.199 e. The monoisotopic (exact) mass is 530 g/mol. The first-order chi connectivity index (χ1) is 13.8. The van der Waals surface area contributed by atoms with Crippen molar-refractivity contribution in [3.8, 4) is 0 Å². The van der Waals surface area contributed by atoms with Crippen LogP contribution in [-0.2, 0) is 0 Å². The van der Waals surface area contributed by atoms with Crippen molar-refractivity contribution >= 4 is 11.3 Å². The van der Waals surface area contributed by atoms with Crippen molar-refractivity contribution in [1.29, 1.82) is 0 Å². The van der Waals surface area contributed by atoms with Gasteiger partial charge in [0, 0.05) is 4.88 Å². The maximum atomic E-state index is 14.0. The van der Waals surface area contributed by atoms with Crippen LogP contribution in [0.15, 0.2) is 17.5 Å². The van der Waals surface area contributed by atoms with Crippen molar-refractivity contribution < 1.29 is 74.6 Å². The van der Waals surface area contributed by atoms with Crippen LogP contribution < -0.4 is 0 Å². The maximum Gasteiger partial charge on any atom is 0.460 e. The van der Waals surface area contributed by atoms with Crippen molar-refractivity contribution in [2.75, 3.05) is 0 Å². The second kappa shape index (κ2) is 7.51. The third-order valence-corrected chi connectivity index (χ3v) is 5.32. The van der Waals surface area contributed by atoms with Crippen LogP contribution in [0, 0.1) is 0 Å². The Hall–Kier alpha value is -1.49. The van der Waals surface area contributed by atoms with Crippen LogP contribution in [0.2, 0.25) is 0 Å². The first-order valence-electron chi connectivity index (χ1n) is 7.51. The Balaban J connectivity index is 3.65. The zero-order valence-corrected chi connectivity index (χ0v) is 15.5. The molecule has 0 saturated carbocycles. The molecule has 1 unspecified atom stereocenters. The van der Waals surface area contributed by atoms with E-state index < -0.39 is 58.4 Å². The second-order valence-corrected chi connectivity index (χ2v) is 7.28. The molecular weight excluding hydrogens is 523 g/mol. The van der Waals surface area contributed by atoms with E-state index in [1.165, 1.54) is 0 Å². The van der Waals surface area contributed by atoms with Gasteiger partial charge in [0.1, 0.15) is 0 Å². The quantitative estimate of drug-likeness (QED) is 0.301. The first kappa shape index (κ1) is 28.5. The largest absolute Gasteiger partial charge is 0.460 e. The Morgan fingerprint density at radius 2 is 0.906 bits per heavy atom. The molecule has 32 heavy (non-hydrogen) atoms. The van der Waals surface area contributed by atoms with Gasteiger partial charge in [-0.2, -0.15) is 74.6 Å². The Morgan fingerprint density at radius 3 is 1.22 bits per heavy atom. The Morgan fingerprint density at radius 1 is 0.562 bits per heavy atom. The number of hydrogen-bond donors (Lipinski definition) is 0. The van der Waals surface area contributed by atoms with Crippen LogP contribution in [0.25, 0.3) is 0 Å². The minimum atomic E-state index is -8.60. The van der Waals surface area contributed by atoms with E-state index in [1.807, 2.05) is 0 Å². The van der Waals surface area contributed by atoms with Gasteiger partial charge in [0.25, 0.3) is 0 Å². The molecule has 0 aliphatic rings. The molecule has 0 aliphatic heterocycles. The van der Waals surface area contributed by atoms with E-state index >= 15 is 0 Å². The van der Waals surface area contributed by atoms with E-state index in [-0.39, 0.29) is 18.3 Å². The molecule has 0 saturated heterocycles. The molecule has 0 nitrogen and oxygen atoms in total. The molecule has 0 N–H and O–H groups in total. The molecule has 0 fully saturated rings. The lowest BCUT2D eigenvalue weighted by Gasteiger charge is -2.43. The van der Waals surface area contributed by atoms with Gasteiger partial charge in [-0.05, 0) is 11.4 Å². The number of alkyl halides is 17. The molecule has 1 atom stereocenters. The fraction of sp³-hybridized carbons (Fsp3) is 0.714. The van der Waals surface area contributed by atoms with Gasteiger partial charge in [-0.25, -0.2) is 0 Å². The molecule has 1 aromatic heterocycles. The highest BCUT2D eigenvalue weighted by atomic mass is 32.1. The van der Waals surface area contributed by atoms with E-state index in [0.29, 0.717) is 6.07 Å². The van der Waals surface area contributed by atoms with Crippen LogP contribution in [0.1, 0.15) is 17.7 Å². The number of rotatable bonds is 8. The second-order valence-electron chi connectivity index (χ2n) is 6.30. The van der Waals surface area contributed by atoms with Gasteiger partial charge in [-0.3, -0.25) is 0 Å². The molecule has 1 heterocycles. The smallest absolute Gasteiger partial charge is 0.199 e. The summed E-state index contributed by atoms with van der Waals surface area (Å²) in [5, 5.41) is 0.903. The third kappa shape index (κ3) is 3.50. The van der Waals surface area contributed by atoms with E-state index in [4.69, 9.17) is 0 Å². The normalized spacial score (nSPS) is 16.9. The molecule has 18 heteroatoms. The van der Waals surface area contributed by atoms with Crippen molar-refractivity contribution in [3.63, 3.8) is 0 Å². The van der Waals surface area contributed by atoms with E-state index in [9.17, 15) is 74.6 Å². The minimum absolute atomic E-state index is 0.0263. The van der Waals surface area contributed by atoms with Crippen LogP contribution in [0.5, 0.6) is 0 Å². The number of halogens is 17. The molecule has 0 bridgehead atoms. The van der Waals surface area contributed by atoms with Crippen molar-refractivity contribution in [1.82, 2.24) is 0 Å². The van der Waals surface area contributed by atoms with Crippen LogP contribution in [0.3, 0.4) is 0 Å². The molecular formula is C14H7F17S. The summed E-state index contributed by atoms with van der Waals surface area (Å²) >= 11 is 0.170. The third-order valence-electron chi connectivity index (χ3n) is 4.26. The standard InChI is InChI=1S/C14H7F17S/c1-5(6-3-2-4-32-6)7(15,16)8(17,18)9(19,20)10(21,22)11(23,24)12(25,26)13(27,28)14(29,30)31/h2-5H,1H3. The van der Waals surface area contributed by atoms with Gasteiger partial charge < -0.3 is 0 Å². The summed E-state index contributed by atoms with van der Waals surface area (Å²) in [5.41, 5.74) is 0. The Bertz CT molecular complexity index is 789. The lowest BCUT2D eigenvalue weighted by atomic mass is 9.85. The predicted molar refractivity (Wildman–Crippen MR) is 73.4 cm³/mol. The number of thiophene rings is 1. The predicted octanol–water partition coefficient (Wildman–Crippen LogP) is 7.86. The average molecular weight is 530 g/mol. The van der Waals surface area contributed by atoms with Gasteiger partial charge in [0.2, 0.25) is 0 Å². The van der Waals surface area contributed by atoms with Crippen molar-refractivity contribution in [2.45, 2.75) is 60.5 Å². The SMILES string of the molecule is CC(c1cccs1)C(F)(F)C(F)(F)C(F)(F)C(F)(F)C(F)(F)C(F)(F)C(F)(F)C(F)(F)F. The highest BCUT2D eigenvalue weighted by Gasteiger charge is 2.95. The molecule has 1 rings (SSSR count). The zero-order chi connectivity index (χ0) is 26.0. The molecule has 0 spiro atoms. The zero-order valence-electron chi connectivity index (χ0n) is 14.6. The maximum absolute atomic E-state index is 14.0. The van der Waals surface area contributed by atoms with Crippen molar-refractivity contribution in [3.05, 3.63) is 22.4 Å². The van der Waals surface area contributed by atoms with Gasteiger partial charge in [0.15, 0.2) is 0 Å². The van der Waals surface area contributed by atoms with Gasteiger partial charge in [-0.15, -0.1) is 11.3 Å². The van der Waals surface area contributed by atoms with Gasteiger partial charge >= 0.3 is 47.6 Å². The molecule has 0 aromatic carbocycles. The van der Waals surface area contributed by atoms with Gasteiger partial charge in [-0.1, -0.05) is 13.0 Å². The van der Waals surface area contributed by atoms with E-state index in [1.54, 1.807) is 0 Å². The Kier molecular flexibility index (Phi) is 6.70.